The van der Waals surface area contributed by atoms with Gasteiger partial charge in [-0.3, -0.25) is 25.0 Å². The third kappa shape index (κ3) is 3.25. The van der Waals surface area contributed by atoms with Crippen molar-refractivity contribution >= 4 is 17.6 Å². The first-order chi connectivity index (χ1) is 12.5. The second-order valence-corrected chi connectivity index (χ2v) is 5.65. The van der Waals surface area contributed by atoms with E-state index in [0.29, 0.717) is 11.3 Å². The van der Waals surface area contributed by atoms with Crippen LogP contribution in [0.5, 0.6) is 0 Å². The fourth-order valence-electron chi connectivity index (χ4n) is 2.57. The van der Waals surface area contributed by atoms with Gasteiger partial charge in [-0.25, -0.2) is 4.68 Å². The first kappa shape index (κ1) is 17.2. The molecule has 1 aromatic heterocycles. The molecular formula is C18H17N5O3. The molecule has 0 bridgehead atoms. The highest BCUT2D eigenvalue weighted by molar-refractivity contribution is 5.81. The summed E-state index contributed by atoms with van der Waals surface area (Å²) in [4.78, 5) is 22.9. The Morgan fingerprint density at radius 2 is 1.77 bits per heavy atom. The van der Waals surface area contributed by atoms with E-state index in [2.05, 4.69) is 10.5 Å². The molecule has 0 aliphatic rings. The number of benzene rings is 2. The maximum absolute atomic E-state index is 12.7. The van der Waals surface area contributed by atoms with E-state index in [1.807, 2.05) is 44.3 Å². The number of aromatic nitrogens is 2. The fraction of sp³-hybridized carbons (Fsp3) is 0.111. The predicted molar refractivity (Wildman–Crippen MR) is 100 cm³/mol. The van der Waals surface area contributed by atoms with Crippen LogP contribution >= 0.6 is 0 Å². The van der Waals surface area contributed by atoms with E-state index >= 15 is 0 Å². The van der Waals surface area contributed by atoms with Crippen molar-refractivity contribution in [2.75, 3.05) is 5.43 Å². The molecule has 0 unspecified atom stereocenters. The Morgan fingerprint density at radius 3 is 2.38 bits per heavy atom. The summed E-state index contributed by atoms with van der Waals surface area (Å²) in [5.74, 6) is 0. The van der Waals surface area contributed by atoms with Gasteiger partial charge >= 0.3 is 0 Å². The largest absolute Gasteiger partial charge is 0.285 e. The van der Waals surface area contributed by atoms with Crippen molar-refractivity contribution in [2.45, 2.75) is 6.92 Å². The van der Waals surface area contributed by atoms with E-state index in [4.69, 9.17) is 0 Å². The number of hydrazone groups is 1. The number of non-ortho nitro benzene ring substituents is 1. The third-order valence-corrected chi connectivity index (χ3v) is 4.06. The highest BCUT2D eigenvalue weighted by Crippen LogP contribution is 2.15. The highest BCUT2D eigenvalue weighted by atomic mass is 16.6. The molecule has 0 fully saturated rings. The molecule has 0 saturated heterocycles. The van der Waals surface area contributed by atoms with Crippen LogP contribution < -0.4 is 11.0 Å². The maximum atomic E-state index is 12.7. The summed E-state index contributed by atoms with van der Waals surface area (Å²) in [6.07, 6.45) is 1.46. The average Bonchev–Trinajstić information content (AvgIpc) is 2.86. The van der Waals surface area contributed by atoms with Crippen LogP contribution in [-0.4, -0.2) is 20.5 Å². The third-order valence-electron chi connectivity index (χ3n) is 4.06. The quantitative estimate of drug-likeness (QED) is 0.434. The zero-order valence-electron chi connectivity index (χ0n) is 14.3. The number of nitro benzene ring substituents is 1. The number of hydrogen-bond acceptors (Lipinski definition) is 5. The van der Waals surface area contributed by atoms with E-state index in [1.165, 1.54) is 18.3 Å². The number of nitrogens with zero attached hydrogens (tertiary/aromatic N) is 4. The number of nitro groups is 1. The number of hydrogen-bond donors (Lipinski definition) is 1. The molecule has 0 atom stereocenters. The monoisotopic (exact) mass is 351 g/mol. The Morgan fingerprint density at radius 1 is 1.12 bits per heavy atom. The van der Waals surface area contributed by atoms with E-state index in [0.717, 1.165) is 11.4 Å². The van der Waals surface area contributed by atoms with Crippen LogP contribution in [0, 0.1) is 17.0 Å². The molecule has 0 amide bonds. The van der Waals surface area contributed by atoms with Crippen molar-refractivity contribution in [3.05, 3.63) is 86.3 Å². The Labute approximate surface area is 149 Å². The SMILES string of the molecule is Cc1c(/C=N/Nc2ccc([N+](=O)[O-])cc2)c(=O)n(-c2ccccc2)n1C. The summed E-state index contributed by atoms with van der Waals surface area (Å²) < 4.78 is 3.34. The van der Waals surface area contributed by atoms with Crippen molar-refractivity contribution in [2.24, 2.45) is 12.1 Å². The molecule has 3 rings (SSSR count). The highest BCUT2D eigenvalue weighted by Gasteiger charge is 2.14. The van der Waals surface area contributed by atoms with Crippen molar-refractivity contribution in [1.82, 2.24) is 9.36 Å². The average molecular weight is 351 g/mol. The van der Waals surface area contributed by atoms with Gasteiger partial charge in [0.15, 0.2) is 0 Å². The molecule has 2 aromatic carbocycles. The lowest BCUT2D eigenvalue weighted by atomic mass is 10.3. The molecule has 1 heterocycles. The molecule has 0 radical (unpaired) electrons. The molecule has 0 spiro atoms. The van der Waals surface area contributed by atoms with E-state index in [9.17, 15) is 14.9 Å². The summed E-state index contributed by atoms with van der Waals surface area (Å²) in [6, 6.07) is 15.2. The minimum Gasteiger partial charge on any atom is -0.285 e. The van der Waals surface area contributed by atoms with Crippen LogP contribution in [0.15, 0.2) is 64.5 Å². The van der Waals surface area contributed by atoms with Crippen LogP contribution in [0.1, 0.15) is 11.3 Å². The summed E-state index contributed by atoms with van der Waals surface area (Å²) in [5, 5.41) is 14.7. The molecule has 0 aliphatic heterocycles. The Balaban J connectivity index is 1.85. The smallest absolute Gasteiger partial charge is 0.280 e. The number of nitrogens with one attached hydrogen (secondary N) is 1. The standard InChI is InChI=1S/C18H17N5O3/c1-13-17(12-19-20-14-8-10-16(11-9-14)23(25)26)18(24)22(21(13)2)15-6-4-3-5-7-15/h3-12,20H,1-2H3/b19-12+. The van der Waals surface area contributed by atoms with Gasteiger partial charge in [-0.2, -0.15) is 5.10 Å². The van der Waals surface area contributed by atoms with Crippen LogP contribution in [0.25, 0.3) is 5.69 Å². The minimum atomic E-state index is -0.466. The molecule has 132 valence electrons. The second-order valence-electron chi connectivity index (χ2n) is 5.65. The molecule has 0 saturated carbocycles. The lowest BCUT2D eigenvalue weighted by Crippen LogP contribution is -2.20. The normalized spacial score (nSPS) is 11.0. The van der Waals surface area contributed by atoms with Crippen LogP contribution in [-0.2, 0) is 7.05 Å². The van der Waals surface area contributed by atoms with E-state index < -0.39 is 4.92 Å². The fourth-order valence-corrected chi connectivity index (χ4v) is 2.57. The molecule has 26 heavy (non-hydrogen) atoms. The number of rotatable bonds is 5. The van der Waals surface area contributed by atoms with Gasteiger partial charge in [0.1, 0.15) is 0 Å². The van der Waals surface area contributed by atoms with Crippen molar-refractivity contribution in [3.63, 3.8) is 0 Å². The first-order valence-corrected chi connectivity index (χ1v) is 7.86. The molecule has 0 aliphatic carbocycles. The molecular weight excluding hydrogens is 334 g/mol. The van der Waals surface area contributed by atoms with Gasteiger partial charge in [0, 0.05) is 24.9 Å². The summed E-state index contributed by atoms with van der Waals surface area (Å²) in [6.45, 7) is 1.84. The number of para-hydroxylation sites is 1. The topological polar surface area (TPSA) is 94.5 Å². The lowest BCUT2D eigenvalue weighted by Gasteiger charge is -2.07. The first-order valence-electron chi connectivity index (χ1n) is 7.86. The molecule has 1 N–H and O–H groups in total. The van der Waals surface area contributed by atoms with Crippen LogP contribution in [0.2, 0.25) is 0 Å². The lowest BCUT2D eigenvalue weighted by molar-refractivity contribution is -0.384. The van der Waals surface area contributed by atoms with Crippen LogP contribution in [0.3, 0.4) is 0 Å². The zero-order chi connectivity index (χ0) is 18.7. The zero-order valence-corrected chi connectivity index (χ0v) is 14.3. The summed E-state index contributed by atoms with van der Waals surface area (Å²) >= 11 is 0. The molecule has 8 nitrogen and oxygen atoms in total. The van der Waals surface area contributed by atoms with E-state index in [1.54, 1.807) is 21.5 Å². The Kier molecular flexibility index (Phi) is 4.66. The van der Waals surface area contributed by atoms with Gasteiger partial charge in [-0.05, 0) is 31.2 Å². The molecule has 8 heteroatoms. The Hall–Kier alpha value is -3.68. The van der Waals surface area contributed by atoms with Crippen LogP contribution in [0.4, 0.5) is 11.4 Å². The van der Waals surface area contributed by atoms with Crippen molar-refractivity contribution in [3.8, 4) is 5.69 Å². The van der Waals surface area contributed by atoms with Gasteiger partial charge in [-0.15, -0.1) is 0 Å². The van der Waals surface area contributed by atoms with E-state index in [-0.39, 0.29) is 11.2 Å². The van der Waals surface area contributed by atoms with Gasteiger partial charge in [0.05, 0.1) is 28.1 Å². The second kappa shape index (κ2) is 7.06. The molecule has 3 aromatic rings. The Bertz CT molecular complexity index is 1020. The van der Waals surface area contributed by atoms with Gasteiger partial charge in [-0.1, -0.05) is 18.2 Å². The minimum absolute atomic E-state index is 0.00387. The van der Waals surface area contributed by atoms with Gasteiger partial charge in [0.25, 0.3) is 11.2 Å². The van der Waals surface area contributed by atoms with Crippen molar-refractivity contribution < 1.29 is 4.92 Å². The van der Waals surface area contributed by atoms with Gasteiger partial charge < -0.3 is 0 Å². The van der Waals surface area contributed by atoms with Gasteiger partial charge in [0.2, 0.25) is 0 Å². The number of anilines is 1. The predicted octanol–water partition coefficient (Wildman–Crippen LogP) is 2.84. The summed E-state index contributed by atoms with van der Waals surface area (Å²) in [7, 11) is 1.81. The summed E-state index contributed by atoms with van der Waals surface area (Å²) in [5.41, 5.74) is 5.19. The maximum Gasteiger partial charge on any atom is 0.280 e. The van der Waals surface area contributed by atoms with Crippen molar-refractivity contribution in [1.29, 1.82) is 0 Å².